The van der Waals surface area contributed by atoms with Crippen molar-refractivity contribution in [3.8, 4) is 5.75 Å². The number of urea groups is 1. The molecule has 1 rings (SSSR count). The van der Waals surface area contributed by atoms with Gasteiger partial charge in [-0.2, -0.15) is 0 Å². The number of benzene rings is 1. The van der Waals surface area contributed by atoms with Crippen LogP contribution in [0, 0.1) is 0 Å². The summed E-state index contributed by atoms with van der Waals surface area (Å²) in [6.45, 7) is 5.87. The first kappa shape index (κ1) is 17.7. The van der Waals surface area contributed by atoms with Crippen LogP contribution in [0.4, 0.5) is 4.79 Å². The third-order valence-corrected chi connectivity index (χ3v) is 3.30. The Balaban J connectivity index is 2.60. The molecule has 0 spiro atoms. The lowest BCUT2D eigenvalue weighted by molar-refractivity contribution is -0.121. The fraction of sp³-hybridized carbons (Fsp3) is 0.375. The monoisotopic (exact) mass is 305 g/mol. The standard InChI is InChI=1S/C16H23N3O3/c1-5-10-17-16(21)18-15(20)11-19(3)12(2)13-8-6-7-9-14(13)22-4/h5-9,12H,1,10-11H2,2-4H3,(H2,17,18,20,21)/t12-/m1/s1. The zero-order valence-electron chi connectivity index (χ0n) is 13.3. The Morgan fingerprint density at radius 3 is 2.73 bits per heavy atom. The van der Waals surface area contributed by atoms with Crippen LogP contribution in [0.5, 0.6) is 5.75 Å². The molecule has 3 amide bonds. The van der Waals surface area contributed by atoms with Crippen LogP contribution in [0.2, 0.25) is 0 Å². The average Bonchev–Trinajstić information content (AvgIpc) is 2.51. The second kappa shape index (κ2) is 8.84. The molecule has 120 valence electrons. The van der Waals surface area contributed by atoms with Crippen molar-refractivity contribution in [2.24, 2.45) is 0 Å². The van der Waals surface area contributed by atoms with Crippen LogP contribution in [-0.4, -0.2) is 44.1 Å². The zero-order valence-corrected chi connectivity index (χ0v) is 13.3. The van der Waals surface area contributed by atoms with Crippen molar-refractivity contribution < 1.29 is 14.3 Å². The molecule has 0 aliphatic heterocycles. The number of para-hydroxylation sites is 1. The van der Waals surface area contributed by atoms with E-state index in [1.807, 2.05) is 43.1 Å². The van der Waals surface area contributed by atoms with Gasteiger partial charge in [0.2, 0.25) is 5.91 Å². The predicted octanol–water partition coefficient (Wildman–Crippen LogP) is 1.70. The lowest BCUT2D eigenvalue weighted by atomic mass is 10.1. The molecule has 6 nitrogen and oxygen atoms in total. The van der Waals surface area contributed by atoms with Crippen LogP contribution in [-0.2, 0) is 4.79 Å². The Bertz CT molecular complexity index is 531. The van der Waals surface area contributed by atoms with E-state index in [0.29, 0.717) is 6.54 Å². The molecule has 1 atom stereocenters. The summed E-state index contributed by atoms with van der Waals surface area (Å²) in [5.41, 5.74) is 0.983. The van der Waals surface area contributed by atoms with Crippen LogP contribution >= 0.6 is 0 Å². The highest BCUT2D eigenvalue weighted by Crippen LogP contribution is 2.27. The van der Waals surface area contributed by atoms with E-state index < -0.39 is 6.03 Å². The van der Waals surface area contributed by atoms with Gasteiger partial charge < -0.3 is 10.1 Å². The van der Waals surface area contributed by atoms with E-state index >= 15 is 0 Å². The third-order valence-electron chi connectivity index (χ3n) is 3.30. The molecule has 0 radical (unpaired) electrons. The third kappa shape index (κ3) is 5.21. The summed E-state index contributed by atoms with van der Waals surface area (Å²) >= 11 is 0. The molecule has 0 heterocycles. The van der Waals surface area contributed by atoms with E-state index in [1.54, 1.807) is 13.2 Å². The molecule has 0 fully saturated rings. The molecule has 0 unspecified atom stereocenters. The van der Waals surface area contributed by atoms with Crippen LogP contribution in [0.3, 0.4) is 0 Å². The number of hydrogen-bond acceptors (Lipinski definition) is 4. The van der Waals surface area contributed by atoms with Crippen molar-refractivity contribution in [3.63, 3.8) is 0 Å². The van der Waals surface area contributed by atoms with E-state index in [9.17, 15) is 9.59 Å². The fourth-order valence-corrected chi connectivity index (χ4v) is 1.99. The summed E-state index contributed by atoms with van der Waals surface area (Å²) in [5.74, 6) is 0.400. The van der Waals surface area contributed by atoms with E-state index in [0.717, 1.165) is 11.3 Å². The lowest BCUT2D eigenvalue weighted by Crippen LogP contribution is -2.44. The lowest BCUT2D eigenvalue weighted by Gasteiger charge is -2.25. The first-order chi connectivity index (χ1) is 10.5. The number of nitrogens with zero attached hydrogens (tertiary/aromatic N) is 1. The van der Waals surface area contributed by atoms with Gasteiger partial charge in [0.05, 0.1) is 13.7 Å². The molecule has 0 aromatic heterocycles. The number of likely N-dealkylation sites (N-methyl/N-ethyl adjacent to an activating group) is 1. The summed E-state index contributed by atoms with van der Waals surface area (Å²) in [7, 11) is 3.43. The van der Waals surface area contributed by atoms with E-state index in [1.165, 1.54) is 0 Å². The van der Waals surface area contributed by atoms with Gasteiger partial charge in [-0.1, -0.05) is 24.3 Å². The summed E-state index contributed by atoms with van der Waals surface area (Å²) in [6.07, 6.45) is 1.54. The normalized spacial score (nSPS) is 11.6. The van der Waals surface area contributed by atoms with Crippen molar-refractivity contribution in [1.82, 2.24) is 15.5 Å². The van der Waals surface area contributed by atoms with E-state index in [2.05, 4.69) is 17.2 Å². The summed E-state index contributed by atoms with van der Waals surface area (Å²) in [6, 6.07) is 7.09. The molecule has 2 N–H and O–H groups in total. The first-order valence-electron chi connectivity index (χ1n) is 7.01. The minimum absolute atomic E-state index is 0.0295. The number of methoxy groups -OCH3 is 1. The predicted molar refractivity (Wildman–Crippen MR) is 85.8 cm³/mol. The van der Waals surface area contributed by atoms with Crippen LogP contribution in [0.15, 0.2) is 36.9 Å². The highest BCUT2D eigenvalue weighted by molar-refractivity contribution is 5.95. The SMILES string of the molecule is C=CCNC(=O)NC(=O)CN(C)[C@H](C)c1ccccc1OC. The second-order valence-corrected chi connectivity index (χ2v) is 4.88. The molecule has 22 heavy (non-hydrogen) atoms. The quantitative estimate of drug-likeness (QED) is 0.752. The maximum absolute atomic E-state index is 11.8. The van der Waals surface area contributed by atoms with Gasteiger partial charge in [0.1, 0.15) is 5.75 Å². The molecule has 6 heteroatoms. The van der Waals surface area contributed by atoms with Crippen molar-refractivity contribution in [3.05, 3.63) is 42.5 Å². The first-order valence-corrected chi connectivity index (χ1v) is 7.01. The Kier molecular flexibility index (Phi) is 7.12. The molecule has 1 aromatic carbocycles. The minimum Gasteiger partial charge on any atom is -0.496 e. The Morgan fingerprint density at radius 1 is 1.41 bits per heavy atom. The largest absolute Gasteiger partial charge is 0.496 e. The fourth-order valence-electron chi connectivity index (χ4n) is 1.99. The van der Waals surface area contributed by atoms with Gasteiger partial charge in [-0.15, -0.1) is 6.58 Å². The van der Waals surface area contributed by atoms with Gasteiger partial charge in [-0.3, -0.25) is 15.0 Å². The molecule has 0 saturated heterocycles. The number of amides is 3. The summed E-state index contributed by atoms with van der Waals surface area (Å²) in [4.78, 5) is 25.1. The zero-order chi connectivity index (χ0) is 16.5. The highest BCUT2D eigenvalue weighted by atomic mass is 16.5. The molecule has 0 bridgehead atoms. The number of hydrogen-bond donors (Lipinski definition) is 2. The van der Waals surface area contributed by atoms with Crippen molar-refractivity contribution >= 4 is 11.9 Å². The number of imide groups is 1. The Morgan fingerprint density at radius 2 is 2.09 bits per heavy atom. The molecule has 0 saturated carbocycles. The van der Waals surface area contributed by atoms with Crippen LogP contribution in [0.25, 0.3) is 0 Å². The van der Waals surface area contributed by atoms with Gasteiger partial charge >= 0.3 is 6.03 Å². The van der Waals surface area contributed by atoms with Crippen LogP contribution in [0.1, 0.15) is 18.5 Å². The highest BCUT2D eigenvalue weighted by Gasteiger charge is 2.18. The summed E-state index contributed by atoms with van der Waals surface area (Å²) in [5, 5.41) is 4.76. The van der Waals surface area contributed by atoms with Gasteiger partial charge in [0.15, 0.2) is 0 Å². The number of carbonyl (C=O) groups excluding carboxylic acids is 2. The molecule has 0 aliphatic carbocycles. The second-order valence-electron chi connectivity index (χ2n) is 4.88. The van der Waals surface area contributed by atoms with Crippen molar-refractivity contribution in [2.45, 2.75) is 13.0 Å². The Labute approximate surface area is 131 Å². The molecular weight excluding hydrogens is 282 g/mol. The van der Waals surface area contributed by atoms with Gasteiger partial charge in [0.25, 0.3) is 0 Å². The average molecular weight is 305 g/mol. The minimum atomic E-state index is -0.525. The number of rotatable bonds is 7. The molecule has 0 aliphatic rings. The van der Waals surface area contributed by atoms with E-state index in [4.69, 9.17) is 4.74 Å². The van der Waals surface area contributed by atoms with Gasteiger partial charge in [-0.05, 0) is 20.0 Å². The van der Waals surface area contributed by atoms with Gasteiger partial charge in [-0.25, -0.2) is 4.79 Å². The van der Waals surface area contributed by atoms with E-state index in [-0.39, 0.29) is 18.5 Å². The number of ether oxygens (including phenoxy) is 1. The van der Waals surface area contributed by atoms with Crippen molar-refractivity contribution in [1.29, 1.82) is 0 Å². The maximum Gasteiger partial charge on any atom is 0.321 e. The number of carbonyl (C=O) groups is 2. The smallest absolute Gasteiger partial charge is 0.321 e. The molecule has 1 aromatic rings. The van der Waals surface area contributed by atoms with Crippen LogP contribution < -0.4 is 15.4 Å². The van der Waals surface area contributed by atoms with Gasteiger partial charge in [0, 0.05) is 18.2 Å². The van der Waals surface area contributed by atoms with Crippen molar-refractivity contribution in [2.75, 3.05) is 27.2 Å². The topological polar surface area (TPSA) is 70.7 Å². The number of nitrogens with one attached hydrogen (secondary N) is 2. The summed E-state index contributed by atoms with van der Waals surface area (Å²) < 4.78 is 5.33. The maximum atomic E-state index is 11.8. The Hall–Kier alpha value is -2.34. The molecular formula is C16H23N3O3.